The van der Waals surface area contributed by atoms with Gasteiger partial charge < -0.3 is 14.8 Å². The molecule has 1 aliphatic heterocycles. The van der Waals surface area contributed by atoms with Crippen LogP contribution in [0.3, 0.4) is 0 Å². The summed E-state index contributed by atoms with van der Waals surface area (Å²) in [5.41, 5.74) is 1.72. The van der Waals surface area contributed by atoms with E-state index in [1.54, 1.807) is 12.3 Å². The maximum Gasteiger partial charge on any atom is 0.258 e. The molecule has 1 heterocycles. The van der Waals surface area contributed by atoms with Gasteiger partial charge in [-0.15, -0.1) is 0 Å². The molecule has 136 valence electrons. The number of nitrogens with zero attached hydrogens (tertiary/aromatic N) is 1. The Bertz CT molecular complexity index is 756. The summed E-state index contributed by atoms with van der Waals surface area (Å²) in [4.78, 5) is 16.2. The zero-order chi connectivity index (χ0) is 18.2. The average Bonchev–Trinajstić information content (AvgIpc) is 3.17. The van der Waals surface area contributed by atoms with Crippen LogP contribution < -0.4 is 10.1 Å². The van der Waals surface area contributed by atoms with Gasteiger partial charge in [-0.1, -0.05) is 17.7 Å². The Kier molecular flexibility index (Phi) is 6.63. The molecule has 0 aromatic heterocycles. The first kappa shape index (κ1) is 18.4. The van der Waals surface area contributed by atoms with E-state index >= 15 is 0 Å². The van der Waals surface area contributed by atoms with Gasteiger partial charge in [-0.2, -0.15) is 0 Å². The smallest absolute Gasteiger partial charge is 0.258 e. The number of nitrogens with one attached hydrogen (secondary N) is 1. The van der Waals surface area contributed by atoms with Crippen LogP contribution in [0.25, 0.3) is 0 Å². The van der Waals surface area contributed by atoms with Crippen LogP contribution >= 0.6 is 11.6 Å². The molecule has 0 saturated carbocycles. The van der Waals surface area contributed by atoms with Gasteiger partial charge in [0, 0.05) is 24.4 Å². The molecule has 0 bridgehead atoms. The largest absolute Gasteiger partial charge is 0.484 e. The number of halogens is 1. The molecule has 2 aromatic carbocycles. The van der Waals surface area contributed by atoms with E-state index in [1.165, 1.54) is 0 Å². The fourth-order valence-corrected chi connectivity index (χ4v) is 2.77. The molecule has 1 aliphatic rings. The van der Waals surface area contributed by atoms with Gasteiger partial charge in [-0.3, -0.25) is 9.79 Å². The van der Waals surface area contributed by atoms with E-state index in [1.807, 2.05) is 42.5 Å². The molecule has 26 heavy (non-hydrogen) atoms. The monoisotopic (exact) mass is 372 g/mol. The van der Waals surface area contributed by atoms with E-state index in [-0.39, 0.29) is 18.6 Å². The zero-order valence-corrected chi connectivity index (χ0v) is 15.1. The number of benzene rings is 2. The standard InChI is InChI=1S/C20H21ClN2O3/c21-16-3-1-4-17(11-16)22-12-15-6-8-18(9-7-15)26-14-20(24)23-13-19-5-2-10-25-19/h1,3-4,6-9,11-12,19H,2,5,10,13-14H2,(H,23,24)/t19-/m1/s1. The Hall–Kier alpha value is -2.37. The molecule has 1 saturated heterocycles. The minimum Gasteiger partial charge on any atom is -0.484 e. The normalized spacial score (nSPS) is 16.7. The predicted octanol–water partition coefficient (Wildman–Crippen LogP) is 3.76. The molecule has 0 spiro atoms. The summed E-state index contributed by atoms with van der Waals surface area (Å²) in [5.74, 6) is 0.490. The quantitative estimate of drug-likeness (QED) is 0.753. The lowest BCUT2D eigenvalue weighted by atomic mass is 10.2. The minimum atomic E-state index is -0.146. The molecule has 0 aliphatic carbocycles. The van der Waals surface area contributed by atoms with Crippen molar-refractivity contribution < 1.29 is 14.3 Å². The first-order valence-electron chi connectivity index (χ1n) is 8.60. The SMILES string of the molecule is O=C(COc1ccc(C=Nc2cccc(Cl)c2)cc1)NC[C@H]1CCCO1. The molecule has 0 unspecified atom stereocenters. The van der Waals surface area contributed by atoms with Crippen LogP contribution in [0.4, 0.5) is 5.69 Å². The van der Waals surface area contributed by atoms with E-state index in [4.69, 9.17) is 21.1 Å². The van der Waals surface area contributed by atoms with Crippen LogP contribution in [0.2, 0.25) is 5.02 Å². The number of ether oxygens (including phenoxy) is 2. The van der Waals surface area contributed by atoms with Gasteiger partial charge in [0.05, 0.1) is 11.8 Å². The van der Waals surface area contributed by atoms with Crippen molar-refractivity contribution in [3.8, 4) is 5.75 Å². The molecule has 1 amide bonds. The van der Waals surface area contributed by atoms with Crippen LogP contribution in [0.15, 0.2) is 53.5 Å². The van der Waals surface area contributed by atoms with E-state index in [0.717, 1.165) is 30.7 Å². The van der Waals surface area contributed by atoms with Crippen molar-refractivity contribution in [2.75, 3.05) is 19.8 Å². The number of rotatable bonds is 7. The number of amides is 1. The van der Waals surface area contributed by atoms with Crippen molar-refractivity contribution in [2.24, 2.45) is 4.99 Å². The van der Waals surface area contributed by atoms with Crippen LogP contribution in [0.1, 0.15) is 18.4 Å². The molecule has 1 fully saturated rings. The fraction of sp³-hybridized carbons (Fsp3) is 0.300. The number of carbonyl (C=O) groups is 1. The lowest BCUT2D eigenvalue weighted by Crippen LogP contribution is -2.35. The molecule has 0 radical (unpaired) electrons. The molecule has 5 nitrogen and oxygen atoms in total. The van der Waals surface area contributed by atoms with Gasteiger partial charge in [-0.25, -0.2) is 0 Å². The molecule has 1 N–H and O–H groups in total. The Labute approximate surface area is 158 Å². The number of aliphatic imine (C=N–C) groups is 1. The summed E-state index contributed by atoms with van der Waals surface area (Å²) < 4.78 is 11.0. The topological polar surface area (TPSA) is 59.9 Å². The predicted molar refractivity (Wildman–Crippen MR) is 103 cm³/mol. The van der Waals surface area contributed by atoms with Gasteiger partial charge in [-0.05, 0) is 60.9 Å². The Morgan fingerprint density at radius 3 is 2.88 bits per heavy atom. The van der Waals surface area contributed by atoms with Gasteiger partial charge in [0.2, 0.25) is 0 Å². The maximum absolute atomic E-state index is 11.8. The zero-order valence-electron chi connectivity index (χ0n) is 14.4. The van der Waals surface area contributed by atoms with Crippen LogP contribution in [-0.2, 0) is 9.53 Å². The Morgan fingerprint density at radius 1 is 1.31 bits per heavy atom. The van der Waals surface area contributed by atoms with Gasteiger partial charge in [0.25, 0.3) is 5.91 Å². The first-order chi connectivity index (χ1) is 12.7. The third-order valence-corrected chi connectivity index (χ3v) is 4.21. The van der Waals surface area contributed by atoms with E-state index < -0.39 is 0 Å². The van der Waals surface area contributed by atoms with Crippen molar-refractivity contribution >= 4 is 29.4 Å². The van der Waals surface area contributed by atoms with Gasteiger partial charge >= 0.3 is 0 Å². The Morgan fingerprint density at radius 2 is 2.15 bits per heavy atom. The fourth-order valence-electron chi connectivity index (χ4n) is 2.59. The van der Waals surface area contributed by atoms with Crippen molar-refractivity contribution in [2.45, 2.75) is 18.9 Å². The van der Waals surface area contributed by atoms with Crippen molar-refractivity contribution in [1.82, 2.24) is 5.32 Å². The summed E-state index contributed by atoms with van der Waals surface area (Å²) >= 11 is 5.94. The molecule has 1 atom stereocenters. The molecular formula is C20H21ClN2O3. The van der Waals surface area contributed by atoms with Gasteiger partial charge in [0.15, 0.2) is 6.61 Å². The first-order valence-corrected chi connectivity index (χ1v) is 8.98. The highest BCUT2D eigenvalue weighted by molar-refractivity contribution is 6.30. The highest BCUT2D eigenvalue weighted by Gasteiger charge is 2.16. The second-order valence-electron chi connectivity index (χ2n) is 6.03. The van der Waals surface area contributed by atoms with Crippen molar-refractivity contribution in [3.63, 3.8) is 0 Å². The summed E-state index contributed by atoms with van der Waals surface area (Å²) in [6, 6.07) is 14.7. The maximum atomic E-state index is 11.8. The summed E-state index contributed by atoms with van der Waals surface area (Å²) in [5, 5.41) is 3.48. The minimum absolute atomic E-state index is 0.0112. The average molecular weight is 373 g/mol. The third kappa shape index (κ3) is 5.86. The second kappa shape index (κ2) is 9.36. The van der Waals surface area contributed by atoms with E-state index in [0.29, 0.717) is 17.3 Å². The van der Waals surface area contributed by atoms with Crippen molar-refractivity contribution in [3.05, 3.63) is 59.1 Å². The lowest BCUT2D eigenvalue weighted by Gasteiger charge is -2.11. The number of carbonyl (C=O) groups excluding carboxylic acids is 1. The summed E-state index contributed by atoms with van der Waals surface area (Å²) in [7, 11) is 0. The molecule has 3 rings (SSSR count). The molecular weight excluding hydrogens is 352 g/mol. The number of hydrogen-bond donors (Lipinski definition) is 1. The van der Waals surface area contributed by atoms with E-state index in [2.05, 4.69) is 10.3 Å². The third-order valence-electron chi connectivity index (χ3n) is 3.97. The second-order valence-corrected chi connectivity index (χ2v) is 6.47. The highest BCUT2D eigenvalue weighted by Crippen LogP contribution is 2.18. The van der Waals surface area contributed by atoms with Gasteiger partial charge in [0.1, 0.15) is 5.75 Å². The number of hydrogen-bond acceptors (Lipinski definition) is 4. The highest BCUT2D eigenvalue weighted by atomic mass is 35.5. The lowest BCUT2D eigenvalue weighted by molar-refractivity contribution is -0.123. The van der Waals surface area contributed by atoms with Crippen LogP contribution in [0.5, 0.6) is 5.75 Å². The van der Waals surface area contributed by atoms with Crippen LogP contribution in [-0.4, -0.2) is 38.0 Å². The van der Waals surface area contributed by atoms with Crippen LogP contribution in [0, 0.1) is 0 Å². The molecule has 6 heteroatoms. The molecule has 2 aromatic rings. The summed E-state index contributed by atoms with van der Waals surface area (Å²) in [6.07, 6.45) is 3.95. The summed E-state index contributed by atoms with van der Waals surface area (Å²) in [6.45, 7) is 1.31. The van der Waals surface area contributed by atoms with Crippen molar-refractivity contribution in [1.29, 1.82) is 0 Å². The van der Waals surface area contributed by atoms with E-state index in [9.17, 15) is 4.79 Å². The Balaban J connectivity index is 1.44.